The number of aryl methyl sites for hydroxylation is 2. The fraction of sp³-hybridized carbons (Fsp3) is 0.118. The minimum Gasteiger partial charge on any atom is -0.478 e. The molecule has 2 aromatic carbocycles. The molecule has 0 aliphatic carbocycles. The van der Waals surface area contributed by atoms with Crippen molar-refractivity contribution in [1.29, 1.82) is 0 Å². The minimum atomic E-state index is -0.999. The highest BCUT2D eigenvalue weighted by Gasteiger charge is 2.05. The molecule has 0 aromatic heterocycles. The largest absolute Gasteiger partial charge is 0.478 e. The number of benzene rings is 2. The van der Waals surface area contributed by atoms with Crippen LogP contribution in [0, 0.1) is 13.8 Å². The molecule has 1 N–H and O–H groups in total. The standard InChI is InChI=1S/C17H15ClO3/c1-11-3-6-14(9-12(11)2)21-16-7-4-13(10-15(16)18)5-8-17(19)20/h3-10H,1-2H3,(H,19,20)/b8-5+. The Morgan fingerprint density at radius 2 is 1.90 bits per heavy atom. The van der Waals surface area contributed by atoms with Crippen molar-refractivity contribution >= 4 is 23.6 Å². The SMILES string of the molecule is Cc1ccc(Oc2ccc(/C=C/C(=O)O)cc2Cl)cc1C. The lowest BCUT2D eigenvalue weighted by atomic mass is 10.1. The van der Waals surface area contributed by atoms with Gasteiger partial charge in [-0.15, -0.1) is 0 Å². The van der Waals surface area contributed by atoms with E-state index in [1.807, 2.05) is 32.0 Å². The van der Waals surface area contributed by atoms with Gasteiger partial charge in [-0.3, -0.25) is 0 Å². The molecule has 2 rings (SSSR count). The molecule has 0 saturated carbocycles. The van der Waals surface area contributed by atoms with Gasteiger partial charge in [-0.2, -0.15) is 0 Å². The van der Waals surface area contributed by atoms with Crippen molar-refractivity contribution in [3.05, 3.63) is 64.2 Å². The molecule has 0 radical (unpaired) electrons. The van der Waals surface area contributed by atoms with Gasteiger partial charge in [0.1, 0.15) is 11.5 Å². The Balaban J connectivity index is 2.21. The first-order chi connectivity index (χ1) is 9.95. The molecule has 0 bridgehead atoms. The van der Waals surface area contributed by atoms with Gasteiger partial charge in [0.15, 0.2) is 0 Å². The first-order valence-corrected chi connectivity index (χ1v) is 6.79. The Hall–Kier alpha value is -2.26. The Labute approximate surface area is 128 Å². The number of rotatable bonds is 4. The molecule has 0 atom stereocenters. The topological polar surface area (TPSA) is 46.5 Å². The van der Waals surface area contributed by atoms with Crippen molar-refractivity contribution in [3.63, 3.8) is 0 Å². The summed E-state index contributed by atoms with van der Waals surface area (Å²) in [5.74, 6) is 0.253. The smallest absolute Gasteiger partial charge is 0.328 e. The van der Waals surface area contributed by atoms with Crippen LogP contribution in [0.1, 0.15) is 16.7 Å². The zero-order valence-corrected chi connectivity index (χ0v) is 12.5. The lowest BCUT2D eigenvalue weighted by Crippen LogP contribution is -1.89. The number of hydrogen-bond acceptors (Lipinski definition) is 2. The summed E-state index contributed by atoms with van der Waals surface area (Å²) in [5.41, 5.74) is 3.04. The van der Waals surface area contributed by atoms with Gasteiger partial charge < -0.3 is 9.84 Å². The fourth-order valence-electron chi connectivity index (χ4n) is 1.78. The Kier molecular flexibility index (Phi) is 4.66. The maximum atomic E-state index is 10.5. The summed E-state index contributed by atoms with van der Waals surface area (Å²) in [6.07, 6.45) is 2.55. The van der Waals surface area contributed by atoms with Gasteiger partial charge in [0.2, 0.25) is 0 Å². The van der Waals surface area contributed by atoms with E-state index in [-0.39, 0.29) is 0 Å². The number of aliphatic carboxylic acids is 1. The molecule has 0 saturated heterocycles. The molecule has 108 valence electrons. The highest BCUT2D eigenvalue weighted by Crippen LogP contribution is 2.31. The molecule has 0 heterocycles. The first-order valence-electron chi connectivity index (χ1n) is 6.41. The maximum absolute atomic E-state index is 10.5. The molecule has 2 aromatic rings. The van der Waals surface area contributed by atoms with Crippen LogP contribution in [0.3, 0.4) is 0 Å². The molecule has 3 nitrogen and oxygen atoms in total. The van der Waals surface area contributed by atoms with E-state index in [1.54, 1.807) is 18.2 Å². The fourth-order valence-corrected chi connectivity index (χ4v) is 2.00. The molecule has 4 heteroatoms. The van der Waals surface area contributed by atoms with Gasteiger partial charge in [-0.1, -0.05) is 23.7 Å². The van der Waals surface area contributed by atoms with E-state index < -0.39 is 5.97 Å². The summed E-state index contributed by atoms with van der Waals surface area (Å²) in [5, 5.41) is 9.03. The first kappa shape index (κ1) is 15.1. The van der Waals surface area contributed by atoms with Crippen molar-refractivity contribution in [2.45, 2.75) is 13.8 Å². The second kappa shape index (κ2) is 6.46. The van der Waals surface area contributed by atoms with Gasteiger partial charge in [0.25, 0.3) is 0 Å². The third-order valence-corrected chi connectivity index (χ3v) is 3.38. The van der Waals surface area contributed by atoms with Crippen molar-refractivity contribution in [2.24, 2.45) is 0 Å². The van der Waals surface area contributed by atoms with Gasteiger partial charge in [-0.25, -0.2) is 4.79 Å². The number of halogens is 1. The summed E-state index contributed by atoms with van der Waals surface area (Å²) < 4.78 is 5.75. The van der Waals surface area contributed by atoms with E-state index in [9.17, 15) is 4.79 Å². The summed E-state index contributed by atoms with van der Waals surface area (Å²) in [6.45, 7) is 4.05. The van der Waals surface area contributed by atoms with Gasteiger partial charge in [0, 0.05) is 6.08 Å². The van der Waals surface area contributed by atoms with E-state index in [2.05, 4.69) is 0 Å². The van der Waals surface area contributed by atoms with Crippen molar-refractivity contribution in [2.75, 3.05) is 0 Å². The van der Waals surface area contributed by atoms with E-state index in [0.29, 0.717) is 22.1 Å². The zero-order valence-electron chi connectivity index (χ0n) is 11.8. The molecule has 0 fully saturated rings. The number of carboxylic acids is 1. The van der Waals surface area contributed by atoms with Crippen molar-refractivity contribution in [3.8, 4) is 11.5 Å². The predicted molar refractivity (Wildman–Crippen MR) is 84.1 cm³/mol. The summed E-state index contributed by atoms with van der Waals surface area (Å²) in [4.78, 5) is 10.5. The average molecular weight is 303 g/mol. The highest BCUT2D eigenvalue weighted by atomic mass is 35.5. The lowest BCUT2D eigenvalue weighted by molar-refractivity contribution is -0.131. The third-order valence-electron chi connectivity index (χ3n) is 3.08. The van der Waals surface area contributed by atoms with Crippen LogP contribution < -0.4 is 4.74 Å². The molecule has 21 heavy (non-hydrogen) atoms. The molecular formula is C17H15ClO3. The highest BCUT2D eigenvalue weighted by molar-refractivity contribution is 6.32. The summed E-state index contributed by atoms with van der Waals surface area (Å²) in [6, 6.07) is 11.0. The maximum Gasteiger partial charge on any atom is 0.328 e. The second-order valence-electron chi connectivity index (χ2n) is 4.71. The predicted octanol–water partition coefficient (Wildman–Crippen LogP) is 4.85. The van der Waals surface area contributed by atoms with E-state index in [0.717, 1.165) is 11.6 Å². The Morgan fingerprint density at radius 3 is 2.52 bits per heavy atom. The van der Waals surface area contributed by atoms with Crippen LogP contribution in [0.2, 0.25) is 5.02 Å². The molecule has 0 aliphatic rings. The van der Waals surface area contributed by atoms with Crippen LogP contribution in [0.25, 0.3) is 6.08 Å². The van der Waals surface area contributed by atoms with Crippen LogP contribution in [-0.2, 0) is 4.79 Å². The van der Waals surface area contributed by atoms with Crippen molar-refractivity contribution in [1.82, 2.24) is 0 Å². The Bertz CT molecular complexity index is 705. The van der Waals surface area contributed by atoms with Crippen LogP contribution in [0.4, 0.5) is 0 Å². The molecule has 0 amide bonds. The van der Waals surface area contributed by atoms with E-state index >= 15 is 0 Å². The molecular weight excluding hydrogens is 288 g/mol. The number of hydrogen-bond donors (Lipinski definition) is 1. The summed E-state index contributed by atoms with van der Waals surface area (Å²) >= 11 is 6.16. The molecule has 0 unspecified atom stereocenters. The third kappa shape index (κ3) is 4.10. The number of carboxylic acid groups (broad SMARTS) is 1. The van der Waals surface area contributed by atoms with Crippen LogP contribution in [0.15, 0.2) is 42.5 Å². The number of carbonyl (C=O) groups is 1. The van der Waals surface area contributed by atoms with Gasteiger partial charge >= 0.3 is 5.97 Å². The Morgan fingerprint density at radius 1 is 1.14 bits per heavy atom. The monoisotopic (exact) mass is 302 g/mol. The minimum absolute atomic E-state index is 0.431. The molecule has 0 aliphatic heterocycles. The van der Waals surface area contributed by atoms with E-state index in [1.165, 1.54) is 11.6 Å². The van der Waals surface area contributed by atoms with Crippen LogP contribution in [-0.4, -0.2) is 11.1 Å². The number of ether oxygens (including phenoxy) is 1. The lowest BCUT2D eigenvalue weighted by Gasteiger charge is -2.10. The zero-order chi connectivity index (χ0) is 15.4. The quantitative estimate of drug-likeness (QED) is 0.821. The van der Waals surface area contributed by atoms with Crippen LogP contribution in [0.5, 0.6) is 11.5 Å². The molecule has 0 spiro atoms. The van der Waals surface area contributed by atoms with Crippen LogP contribution >= 0.6 is 11.6 Å². The average Bonchev–Trinajstić information content (AvgIpc) is 2.43. The van der Waals surface area contributed by atoms with Gasteiger partial charge in [0.05, 0.1) is 5.02 Å². The second-order valence-corrected chi connectivity index (χ2v) is 5.12. The van der Waals surface area contributed by atoms with Crippen molar-refractivity contribution < 1.29 is 14.6 Å². The summed E-state index contributed by atoms with van der Waals surface area (Å²) in [7, 11) is 0. The van der Waals surface area contributed by atoms with Gasteiger partial charge in [-0.05, 0) is 60.9 Å². The van der Waals surface area contributed by atoms with E-state index in [4.69, 9.17) is 21.4 Å². The normalized spacial score (nSPS) is 10.8.